The van der Waals surface area contributed by atoms with Crippen LogP contribution in [0, 0.1) is 0 Å². The number of amides is 1. The van der Waals surface area contributed by atoms with Crippen LogP contribution in [0.5, 0.6) is 0 Å². The summed E-state index contributed by atoms with van der Waals surface area (Å²) < 4.78 is 62.8. The number of alkyl halides is 3. The molecule has 0 spiro atoms. The molecule has 2 aromatic heterocycles. The summed E-state index contributed by atoms with van der Waals surface area (Å²) in [6.07, 6.45) is 5.01. The van der Waals surface area contributed by atoms with Crippen molar-refractivity contribution >= 4 is 15.7 Å². The van der Waals surface area contributed by atoms with Crippen LogP contribution in [0.3, 0.4) is 0 Å². The highest BCUT2D eigenvalue weighted by atomic mass is 32.2. The highest BCUT2D eigenvalue weighted by Gasteiger charge is 2.46. The van der Waals surface area contributed by atoms with Gasteiger partial charge in [-0.3, -0.25) is 9.78 Å². The fourth-order valence-corrected chi connectivity index (χ4v) is 3.96. The third kappa shape index (κ3) is 4.69. The second-order valence-corrected chi connectivity index (χ2v) is 9.12. The number of nitrogens with one attached hydrogen (secondary N) is 1. The van der Waals surface area contributed by atoms with E-state index < -0.39 is 26.1 Å². The predicted molar refractivity (Wildman–Crippen MR) is 118 cm³/mol. The molecular weight excluding hydrogens is 469 g/mol. The van der Waals surface area contributed by atoms with Crippen molar-refractivity contribution in [2.75, 3.05) is 0 Å². The van der Waals surface area contributed by atoms with Gasteiger partial charge in [-0.2, -0.15) is 18.3 Å². The largest absolute Gasteiger partial charge is 0.501 e. The Balaban J connectivity index is 1.56. The first-order valence-corrected chi connectivity index (χ1v) is 11.4. The van der Waals surface area contributed by atoms with E-state index in [9.17, 15) is 26.4 Å². The van der Waals surface area contributed by atoms with Gasteiger partial charge in [-0.1, -0.05) is 18.2 Å². The lowest BCUT2D eigenvalue weighted by molar-refractivity contribution is -0.0436. The Hall–Kier alpha value is -3.99. The summed E-state index contributed by atoms with van der Waals surface area (Å²) in [5.41, 5.74) is -2.48. The summed E-state index contributed by atoms with van der Waals surface area (Å²) in [6, 6.07) is 16.5. The van der Waals surface area contributed by atoms with Crippen LogP contribution in [0.1, 0.15) is 15.9 Å². The van der Waals surface area contributed by atoms with Crippen LogP contribution in [0.25, 0.3) is 16.9 Å². The minimum absolute atomic E-state index is 0.0158. The molecule has 34 heavy (non-hydrogen) atoms. The number of para-hydroxylation sites is 1. The fraction of sp³-hybridized carbons (Fsp3) is 0.0870. The van der Waals surface area contributed by atoms with Gasteiger partial charge in [-0.05, 0) is 48.5 Å². The van der Waals surface area contributed by atoms with Crippen LogP contribution in [0.2, 0.25) is 0 Å². The van der Waals surface area contributed by atoms with Crippen molar-refractivity contribution in [2.24, 2.45) is 0 Å². The van der Waals surface area contributed by atoms with Gasteiger partial charge in [-0.15, -0.1) is 0 Å². The first-order valence-electron chi connectivity index (χ1n) is 9.91. The maximum Gasteiger partial charge on any atom is 0.501 e. The molecule has 2 aromatic carbocycles. The monoisotopic (exact) mass is 486 g/mol. The van der Waals surface area contributed by atoms with E-state index in [1.54, 1.807) is 35.4 Å². The second kappa shape index (κ2) is 9.10. The van der Waals surface area contributed by atoms with E-state index in [0.717, 1.165) is 35.5 Å². The normalized spacial score (nSPS) is 11.9. The zero-order chi connectivity index (χ0) is 24.3. The number of carbonyl (C=O) groups is 1. The molecule has 0 aliphatic carbocycles. The Morgan fingerprint density at radius 3 is 2.21 bits per heavy atom. The van der Waals surface area contributed by atoms with E-state index in [4.69, 9.17) is 0 Å². The van der Waals surface area contributed by atoms with Crippen molar-refractivity contribution < 1.29 is 26.4 Å². The van der Waals surface area contributed by atoms with Gasteiger partial charge in [0.15, 0.2) is 0 Å². The first kappa shape index (κ1) is 23.2. The Kier molecular flexibility index (Phi) is 6.20. The average molecular weight is 486 g/mol. The SMILES string of the molecule is O=C(NCc1cn(-c2ccccc2)nc1-c1ccncc1)c1ccc(S(=O)(=O)C(F)(F)F)cc1. The molecule has 0 bridgehead atoms. The fourth-order valence-electron chi connectivity index (χ4n) is 3.20. The van der Waals surface area contributed by atoms with Gasteiger partial charge in [0.1, 0.15) is 0 Å². The lowest BCUT2D eigenvalue weighted by atomic mass is 10.1. The second-order valence-electron chi connectivity index (χ2n) is 7.18. The summed E-state index contributed by atoms with van der Waals surface area (Å²) in [6.45, 7) is 0.0753. The van der Waals surface area contributed by atoms with E-state index in [1.807, 2.05) is 30.3 Å². The zero-order valence-corrected chi connectivity index (χ0v) is 18.2. The molecule has 174 valence electrons. The van der Waals surface area contributed by atoms with Gasteiger partial charge < -0.3 is 5.32 Å². The van der Waals surface area contributed by atoms with Gasteiger partial charge >= 0.3 is 5.51 Å². The van der Waals surface area contributed by atoms with Crippen molar-refractivity contribution in [3.05, 3.63) is 96.4 Å². The lowest BCUT2D eigenvalue weighted by Gasteiger charge is -2.09. The number of pyridine rings is 1. The van der Waals surface area contributed by atoms with Crippen molar-refractivity contribution in [1.29, 1.82) is 0 Å². The molecular formula is C23H17F3N4O3S. The van der Waals surface area contributed by atoms with Crippen LogP contribution in [-0.2, 0) is 16.4 Å². The molecule has 7 nitrogen and oxygen atoms in total. The van der Waals surface area contributed by atoms with Gasteiger partial charge in [0.05, 0.1) is 16.3 Å². The third-order valence-corrected chi connectivity index (χ3v) is 6.44. The van der Waals surface area contributed by atoms with Crippen molar-refractivity contribution in [2.45, 2.75) is 16.9 Å². The minimum atomic E-state index is -5.48. The molecule has 0 fully saturated rings. The average Bonchev–Trinajstić information content (AvgIpc) is 3.27. The molecule has 1 amide bonds. The molecule has 0 unspecified atom stereocenters. The highest BCUT2D eigenvalue weighted by molar-refractivity contribution is 7.92. The third-order valence-electron chi connectivity index (χ3n) is 4.94. The lowest BCUT2D eigenvalue weighted by Crippen LogP contribution is -2.24. The summed E-state index contributed by atoms with van der Waals surface area (Å²) in [7, 11) is -5.48. The molecule has 0 aliphatic heterocycles. The number of hydrogen-bond donors (Lipinski definition) is 1. The predicted octanol–water partition coefficient (Wildman–Crippen LogP) is 4.16. The van der Waals surface area contributed by atoms with Gasteiger partial charge in [0.2, 0.25) is 0 Å². The topological polar surface area (TPSA) is 93.9 Å². The smallest absolute Gasteiger partial charge is 0.348 e. The van der Waals surface area contributed by atoms with E-state index in [2.05, 4.69) is 15.4 Å². The molecule has 11 heteroatoms. The summed E-state index contributed by atoms with van der Waals surface area (Å²) >= 11 is 0. The molecule has 4 aromatic rings. The molecule has 0 atom stereocenters. The van der Waals surface area contributed by atoms with E-state index in [0.29, 0.717) is 11.3 Å². The van der Waals surface area contributed by atoms with Crippen molar-refractivity contribution in [3.63, 3.8) is 0 Å². The molecule has 0 radical (unpaired) electrons. The van der Waals surface area contributed by atoms with Gasteiger partial charge in [0.25, 0.3) is 15.7 Å². The van der Waals surface area contributed by atoms with E-state index in [-0.39, 0.29) is 12.1 Å². The number of benzene rings is 2. The standard InChI is InChI=1S/C23H17F3N4O3S/c24-23(25,26)34(32,33)20-8-6-17(7-9-20)22(31)28-14-18-15-30(19-4-2-1-3-5-19)29-21(18)16-10-12-27-13-11-16/h1-13,15H,14H2,(H,28,31). The molecule has 0 saturated carbocycles. The van der Waals surface area contributed by atoms with Crippen LogP contribution in [0.15, 0.2) is 90.2 Å². The Labute approximate surface area is 192 Å². The van der Waals surface area contributed by atoms with Crippen LogP contribution in [-0.4, -0.2) is 34.6 Å². The number of halogens is 3. The van der Waals surface area contributed by atoms with Crippen molar-refractivity contribution in [1.82, 2.24) is 20.1 Å². The molecule has 1 N–H and O–H groups in total. The van der Waals surface area contributed by atoms with Crippen LogP contribution < -0.4 is 5.32 Å². The minimum Gasteiger partial charge on any atom is -0.348 e. The summed E-state index contributed by atoms with van der Waals surface area (Å²) in [4.78, 5) is 15.7. The maximum absolute atomic E-state index is 12.7. The van der Waals surface area contributed by atoms with Crippen LogP contribution in [0.4, 0.5) is 13.2 Å². The summed E-state index contributed by atoms with van der Waals surface area (Å²) in [5, 5.41) is 7.33. The van der Waals surface area contributed by atoms with E-state index >= 15 is 0 Å². The number of rotatable bonds is 6. The zero-order valence-electron chi connectivity index (χ0n) is 17.4. The molecule has 0 saturated heterocycles. The molecule has 4 rings (SSSR count). The quantitative estimate of drug-likeness (QED) is 0.442. The maximum atomic E-state index is 12.7. The van der Waals surface area contributed by atoms with Gasteiger partial charge in [-0.25, -0.2) is 13.1 Å². The number of hydrogen-bond acceptors (Lipinski definition) is 5. The van der Waals surface area contributed by atoms with Gasteiger partial charge in [0, 0.05) is 41.8 Å². The Morgan fingerprint density at radius 2 is 1.59 bits per heavy atom. The Bertz CT molecular complexity index is 1400. The van der Waals surface area contributed by atoms with Crippen LogP contribution >= 0.6 is 0 Å². The first-order chi connectivity index (χ1) is 16.2. The number of aromatic nitrogens is 3. The highest BCUT2D eigenvalue weighted by Crippen LogP contribution is 2.30. The molecule has 2 heterocycles. The van der Waals surface area contributed by atoms with Crippen molar-refractivity contribution in [3.8, 4) is 16.9 Å². The molecule has 0 aliphatic rings. The Morgan fingerprint density at radius 1 is 0.941 bits per heavy atom. The summed E-state index contributed by atoms with van der Waals surface area (Å²) in [5.74, 6) is -0.580. The number of sulfone groups is 1. The number of nitrogens with zero attached hydrogens (tertiary/aromatic N) is 3. The van der Waals surface area contributed by atoms with E-state index in [1.165, 1.54) is 0 Å². The number of carbonyl (C=O) groups excluding carboxylic acids is 1.